The van der Waals surface area contributed by atoms with Gasteiger partial charge in [-0.25, -0.2) is 4.31 Å². The van der Waals surface area contributed by atoms with Crippen LogP contribution >= 0.6 is 11.9 Å². The van der Waals surface area contributed by atoms with Gasteiger partial charge >= 0.3 is 0 Å². The van der Waals surface area contributed by atoms with Crippen LogP contribution in [0.3, 0.4) is 0 Å². The Morgan fingerprint density at radius 1 is 1.33 bits per heavy atom. The molecule has 0 bridgehead atoms. The molecule has 2 heterocycles. The van der Waals surface area contributed by atoms with Crippen molar-refractivity contribution >= 4 is 18.2 Å². The van der Waals surface area contributed by atoms with Crippen molar-refractivity contribution in [2.24, 2.45) is 10.4 Å². The van der Waals surface area contributed by atoms with Gasteiger partial charge in [0, 0.05) is 29.3 Å². The Morgan fingerprint density at radius 3 is 2.67 bits per heavy atom. The fourth-order valence-corrected chi connectivity index (χ4v) is 4.69. The maximum atomic E-state index is 4.30. The van der Waals surface area contributed by atoms with E-state index >= 15 is 0 Å². The molecule has 0 radical (unpaired) electrons. The number of hydrogen-bond donors (Lipinski definition) is 0. The summed E-state index contributed by atoms with van der Waals surface area (Å²) in [6, 6.07) is 0. The molecule has 21 heavy (non-hydrogen) atoms. The summed E-state index contributed by atoms with van der Waals surface area (Å²) in [5, 5.41) is 0. The standard InChI is InChI=1S/C17H29N3S/c1-5-7-8-15-16(13-18-6-2)21-20(4)14-17(15)9-11-19(3)12-10-17/h6,13H,2,5,7-12,14H2,1,3-4H3. The first kappa shape index (κ1) is 16.8. The first-order valence-corrected chi connectivity index (χ1v) is 8.84. The number of likely N-dealkylation sites (tertiary alicyclic amines) is 1. The summed E-state index contributed by atoms with van der Waals surface area (Å²) in [7, 11) is 4.45. The fourth-order valence-electron chi connectivity index (χ4n) is 3.51. The van der Waals surface area contributed by atoms with Crippen molar-refractivity contribution in [1.29, 1.82) is 0 Å². The van der Waals surface area contributed by atoms with Gasteiger partial charge in [-0.2, -0.15) is 0 Å². The second-order valence-corrected chi connectivity index (χ2v) is 7.61. The van der Waals surface area contributed by atoms with Gasteiger partial charge in [-0.1, -0.05) is 19.9 Å². The van der Waals surface area contributed by atoms with Gasteiger partial charge in [0.2, 0.25) is 0 Å². The van der Waals surface area contributed by atoms with Crippen LogP contribution < -0.4 is 0 Å². The minimum absolute atomic E-state index is 0.365. The number of allylic oxidation sites excluding steroid dienone is 1. The summed E-state index contributed by atoms with van der Waals surface area (Å²) in [5.74, 6) is 0. The third kappa shape index (κ3) is 3.99. The van der Waals surface area contributed by atoms with E-state index in [0.29, 0.717) is 5.41 Å². The van der Waals surface area contributed by atoms with Crippen LogP contribution in [0.1, 0.15) is 39.0 Å². The lowest BCUT2D eigenvalue weighted by molar-refractivity contribution is 0.132. The Bertz CT molecular complexity index is 420. The third-order valence-electron chi connectivity index (χ3n) is 4.74. The number of piperidine rings is 1. The second kappa shape index (κ2) is 7.61. The highest BCUT2D eigenvalue weighted by Crippen LogP contribution is 2.49. The van der Waals surface area contributed by atoms with Crippen LogP contribution in [0.4, 0.5) is 0 Å². The predicted octanol–water partition coefficient (Wildman–Crippen LogP) is 3.95. The highest BCUT2D eigenvalue weighted by atomic mass is 32.2. The monoisotopic (exact) mass is 307 g/mol. The molecule has 3 nitrogen and oxygen atoms in total. The molecule has 1 fully saturated rings. The summed E-state index contributed by atoms with van der Waals surface area (Å²) in [5.41, 5.74) is 2.02. The van der Waals surface area contributed by atoms with E-state index in [2.05, 4.69) is 41.8 Å². The fraction of sp³-hybridized carbons (Fsp3) is 0.706. The summed E-state index contributed by atoms with van der Waals surface area (Å²) < 4.78 is 2.39. The van der Waals surface area contributed by atoms with Crippen LogP contribution in [0, 0.1) is 5.41 Å². The highest BCUT2D eigenvalue weighted by molar-refractivity contribution is 8.01. The van der Waals surface area contributed by atoms with Crippen molar-refractivity contribution in [1.82, 2.24) is 9.21 Å². The van der Waals surface area contributed by atoms with Gasteiger partial charge in [0.15, 0.2) is 0 Å². The number of unbranched alkanes of at least 4 members (excludes halogenated alkanes) is 1. The Hall–Kier alpha value is -0.580. The summed E-state index contributed by atoms with van der Waals surface area (Å²) >= 11 is 1.86. The van der Waals surface area contributed by atoms with E-state index in [0.717, 1.165) is 0 Å². The van der Waals surface area contributed by atoms with Crippen molar-refractivity contribution in [3.63, 3.8) is 0 Å². The maximum absolute atomic E-state index is 4.30. The van der Waals surface area contributed by atoms with Crippen molar-refractivity contribution in [3.8, 4) is 0 Å². The molecule has 0 saturated carbocycles. The van der Waals surface area contributed by atoms with Crippen LogP contribution in [-0.4, -0.2) is 49.1 Å². The SMILES string of the molecule is C=CN=CC1=C(CCCC)C2(CCN(C)CC2)CN(C)S1. The van der Waals surface area contributed by atoms with Gasteiger partial charge in [-0.05, 0) is 70.4 Å². The average molecular weight is 308 g/mol. The lowest BCUT2D eigenvalue weighted by atomic mass is 9.70. The lowest BCUT2D eigenvalue weighted by Gasteiger charge is -2.48. The molecule has 0 unspecified atom stereocenters. The quantitative estimate of drug-likeness (QED) is 0.566. The first-order valence-electron chi connectivity index (χ1n) is 8.06. The molecule has 0 aromatic rings. The second-order valence-electron chi connectivity index (χ2n) is 6.37. The Morgan fingerprint density at radius 2 is 2.05 bits per heavy atom. The zero-order valence-corrected chi connectivity index (χ0v) is 14.6. The number of rotatable bonds is 5. The topological polar surface area (TPSA) is 18.8 Å². The normalized spacial score (nSPS) is 24.1. The summed E-state index contributed by atoms with van der Waals surface area (Å²) in [6.07, 6.45) is 9.98. The van der Waals surface area contributed by atoms with Crippen LogP contribution in [0.15, 0.2) is 28.2 Å². The van der Waals surface area contributed by atoms with Crippen molar-refractivity contribution in [3.05, 3.63) is 23.3 Å². The molecule has 0 atom stereocenters. The zero-order valence-electron chi connectivity index (χ0n) is 13.8. The molecular formula is C17H29N3S. The molecule has 1 saturated heterocycles. The van der Waals surface area contributed by atoms with Gasteiger partial charge in [0.1, 0.15) is 0 Å². The van der Waals surface area contributed by atoms with Gasteiger partial charge in [-0.15, -0.1) is 0 Å². The van der Waals surface area contributed by atoms with E-state index in [-0.39, 0.29) is 0 Å². The smallest absolute Gasteiger partial charge is 0.0416 e. The first-order chi connectivity index (χ1) is 10.1. The molecule has 4 heteroatoms. The van der Waals surface area contributed by atoms with E-state index in [1.54, 1.807) is 11.8 Å². The Balaban J connectivity index is 2.34. The average Bonchev–Trinajstić information content (AvgIpc) is 2.47. The number of aliphatic imine (C=N–C) groups is 1. The molecule has 1 spiro atoms. The van der Waals surface area contributed by atoms with Crippen LogP contribution in [0.5, 0.6) is 0 Å². The molecule has 0 N–H and O–H groups in total. The van der Waals surface area contributed by atoms with Crippen molar-refractivity contribution in [2.75, 3.05) is 33.7 Å². The summed E-state index contributed by atoms with van der Waals surface area (Å²) in [6.45, 7) is 9.59. The van der Waals surface area contributed by atoms with E-state index in [1.165, 1.54) is 56.6 Å². The van der Waals surface area contributed by atoms with Gasteiger partial charge in [-0.3, -0.25) is 4.99 Å². The van der Waals surface area contributed by atoms with Crippen molar-refractivity contribution in [2.45, 2.75) is 39.0 Å². The number of hydrogen-bond acceptors (Lipinski definition) is 4. The lowest BCUT2D eigenvalue weighted by Crippen LogP contribution is -2.46. The summed E-state index contributed by atoms with van der Waals surface area (Å²) in [4.78, 5) is 8.13. The Kier molecular flexibility index (Phi) is 6.08. The van der Waals surface area contributed by atoms with E-state index < -0.39 is 0 Å². The van der Waals surface area contributed by atoms with Gasteiger partial charge in [0.25, 0.3) is 0 Å². The minimum Gasteiger partial charge on any atom is -0.306 e. The molecule has 0 aromatic heterocycles. The van der Waals surface area contributed by atoms with E-state index in [9.17, 15) is 0 Å². The molecule has 2 aliphatic heterocycles. The zero-order chi connectivity index (χ0) is 15.3. The third-order valence-corrected chi connectivity index (χ3v) is 5.73. The minimum atomic E-state index is 0.365. The molecule has 2 aliphatic rings. The Labute approximate surface area is 134 Å². The van der Waals surface area contributed by atoms with Gasteiger partial charge in [0.05, 0.1) is 0 Å². The molecule has 118 valence electrons. The van der Waals surface area contributed by atoms with Crippen LogP contribution in [0.25, 0.3) is 0 Å². The van der Waals surface area contributed by atoms with Crippen LogP contribution in [-0.2, 0) is 0 Å². The molecular weight excluding hydrogens is 278 g/mol. The van der Waals surface area contributed by atoms with Gasteiger partial charge < -0.3 is 4.90 Å². The largest absolute Gasteiger partial charge is 0.306 e. The van der Waals surface area contributed by atoms with Crippen LogP contribution in [0.2, 0.25) is 0 Å². The number of nitrogens with zero attached hydrogens (tertiary/aromatic N) is 3. The van der Waals surface area contributed by atoms with E-state index in [4.69, 9.17) is 0 Å². The van der Waals surface area contributed by atoms with Crippen molar-refractivity contribution < 1.29 is 0 Å². The highest BCUT2D eigenvalue weighted by Gasteiger charge is 2.42. The predicted molar refractivity (Wildman–Crippen MR) is 94.6 cm³/mol. The maximum Gasteiger partial charge on any atom is 0.0416 e. The molecule has 0 aliphatic carbocycles. The molecule has 0 amide bonds. The van der Waals surface area contributed by atoms with E-state index in [1.807, 2.05) is 18.2 Å². The molecule has 0 aromatic carbocycles. The molecule has 2 rings (SSSR count).